The predicted octanol–water partition coefficient (Wildman–Crippen LogP) is 1.21. The summed E-state index contributed by atoms with van der Waals surface area (Å²) in [5.41, 5.74) is 0. The molecule has 20 heavy (non-hydrogen) atoms. The fourth-order valence-corrected chi connectivity index (χ4v) is 3.26. The van der Waals surface area contributed by atoms with Crippen LogP contribution >= 0.6 is 0 Å². The molecule has 5 nitrogen and oxygen atoms in total. The van der Waals surface area contributed by atoms with Crippen LogP contribution < -0.4 is 0 Å². The van der Waals surface area contributed by atoms with Crippen molar-refractivity contribution in [2.75, 3.05) is 27.2 Å². The lowest BCUT2D eigenvalue weighted by Crippen LogP contribution is -2.50. The minimum absolute atomic E-state index is 0.0120. The maximum atomic E-state index is 12.6. The second kappa shape index (κ2) is 6.39. The molecule has 1 heterocycles. The van der Waals surface area contributed by atoms with Crippen molar-refractivity contribution in [3.63, 3.8) is 0 Å². The van der Waals surface area contributed by atoms with Gasteiger partial charge in [0.1, 0.15) is 0 Å². The fraction of sp³-hybridized carbons (Fsp3) is 0.733. The van der Waals surface area contributed by atoms with Crippen molar-refractivity contribution in [3.05, 3.63) is 12.2 Å². The number of hydrogen-bond acceptors (Lipinski definition) is 3. The number of likely N-dealkylation sites (N-methyl/N-ethyl adjacent to an activating group) is 2. The van der Waals surface area contributed by atoms with E-state index in [1.165, 1.54) is 0 Å². The van der Waals surface area contributed by atoms with E-state index in [0.29, 0.717) is 12.8 Å². The molecular weight excluding hydrogens is 256 g/mol. The summed E-state index contributed by atoms with van der Waals surface area (Å²) in [6.45, 7) is 1.95. The highest BCUT2D eigenvalue weighted by Gasteiger charge is 2.37. The van der Waals surface area contributed by atoms with Gasteiger partial charge in [-0.1, -0.05) is 12.2 Å². The highest BCUT2D eigenvalue weighted by atomic mass is 16.4. The van der Waals surface area contributed by atoms with E-state index >= 15 is 0 Å². The summed E-state index contributed by atoms with van der Waals surface area (Å²) in [5, 5.41) is 9.28. The topological polar surface area (TPSA) is 60.9 Å². The lowest BCUT2D eigenvalue weighted by Gasteiger charge is -2.38. The average Bonchev–Trinajstić information content (AvgIpc) is 2.45. The van der Waals surface area contributed by atoms with Crippen molar-refractivity contribution in [3.8, 4) is 0 Å². The van der Waals surface area contributed by atoms with Crippen LogP contribution in [-0.4, -0.2) is 60.0 Å². The van der Waals surface area contributed by atoms with Crippen molar-refractivity contribution in [2.45, 2.75) is 31.7 Å². The van der Waals surface area contributed by atoms with Gasteiger partial charge in [0.15, 0.2) is 0 Å². The Balaban J connectivity index is 2.05. The molecule has 2 rings (SSSR count). The quantitative estimate of drug-likeness (QED) is 0.789. The van der Waals surface area contributed by atoms with Gasteiger partial charge in [-0.05, 0) is 39.3 Å². The summed E-state index contributed by atoms with van der Waals surface area (Å²) in [5.74, 6) is -1.85. The van der Waals surface area contributed by atoms with Crippen molar-refractivity contribution in [2.24, 2.45) is 11.8 Å². The van der Waals surface area contributed by atoms with E-state index in [1.807, 2.05) is 19.2 Å². The van der Waals surface area contributed by atoms with Crippen LogP contribution in [0.3, 0.4) is 0 Å². The molecule has 0 saturated carbocycles. The second-order valence-corrected chi connectivity index (χ2v) is 6.00. The third-order valence-corrected chi connectivity index (χ3v) is 4.56. The first-order valence-corrected chi connectivity index (χ1v) is 7.33. The van der Waals surface area contributed by atoms with Gasteiger partial charge in [0.25, 0.3) is 0 Å². The van der Waals surface area contributed by atoms with Crippen molar-refractivity contribution < 1.29 is 14.7 Å². The number of amides is 1. The Hall–Kier alpha value is -1.36. The third-order valence-electron chi connectivity index (χ3n) is 4.56. The summed E-state index contributed by atoms with van der Waals surface area (Å²) in [6, 6.07) is 0.210. The Morgan fingerprint density at radius 2 is 1.90 bits per heavy atom. The van der Waals surface area contributed by atoms with E-state index in [0.717, 1.165) is 25.9 Å². The van der Waals surface area contributed by atoms with Crippen LogP contribution in [0.1, 0.15) is 25.7 Å². The zero-order chi connectivity index (χ0) is 14.7. The first-order chi connectivity index (χ1) is 9.50. The number of aliphatic carboxylic acids is 1. The SMILES string of the molecule is CN1CCCC(N(C)C(=O)[C@@H]2CC=CC[C@@H]2C(=O)O)C1. The van der Waals surface area contributed by atoms with Gasteiger partial charge >= 0.3 is 5.97 Å². The molecular formula is C15H24N2O3. The van der Waals surface area contributed by atoms with Gasteiger partial charge < -0.3 is 14.9 Å². The Kier molecular flexibility index (Phi) is 4.81. The Morgan fingerprint density at radius 3 is 2.50 bits per heavy atom. The van der Waals surface area contributed by atoms with E-state index in [-0.39, 0.29) is 11.9 Å². The summed E-state index contributed by atoms with van der Waals surface area (Å²) < 4.78 is 0. The van der Waals surface area contributed by atoms with Gasteiger partial charge in [0.05, 0.1) is 11.8 Å². The molecule has 0 aromatic carbocycles. The molecule has 0 aromatic heterocycles. The molecule has 0 spiro atoms. The molecule has 1 amide bonds. The van der Waals surface area contributed by atoms with Crippen LogP contribution in [0.5, 0.6) is 0 Å². The summed E-state index contributed by atoms with van der Waals surface area (Å²) >= 11 is 0. The number of carbonyl (C=O) groups is 2. The molecule has 1 N–H and O–H groups in total. The molecule has 1 aliphatic heterocycles. The molecule has 5 heteroatoms. The summed E-state index contributed by atoms with van der Waals surface area (Å²) in [7, 11) is 3.89. The van der Waals surface area contributed by atoms with Gasteiger partial charge in [-0.3, -0.25) is 9.59 Å². The van der Waals surface area contributed by atoms with E-state index in [4.69, 9.17) is 0 Å². The maximum absolute atomic E-state index is 12.6. The van der Waals surface area contributed by atoms with Gasteiger partial charge in [-0.2, -0.15) is 0 Å². The minimum atomic E-state index is -0.859. The molecule has 3 atom stereocenters. The molecule has 1 saturated heterocycles. The molecule has 1 unspecified atom stereocenters. The number of carbonyl (C=O) groups excluding carboxylic acids is 1. The number of nitrogens with zero attached hydrogens (tertiary/aromatic N) is 2. The Labute approximate surface area is 120 Å². The number of allylic oxidation sites excluding steroid dienone is 2. The predicted molar refractivity (Wildman–Crippen MR) is 76.3 cm³/mol. The Bertz CT molecular complexity index is 408. The van der Waals surface area contributed by atoms with Crippen LogP contribution in [0.15, 0.2) is 12.2 Å². The smallest absolute Gasteiger partial charge is 0.307 e. The standard InChI is InChI=1S/C15H24N2O3/c1-16-9-5-6-11(10-16)17(2)14(18)12-7-3-4-8-13(12)15(19)20/h3-4,11-13H,5-10H2,1-2H3,(H,19,20)/t11?,12-,13+/m1/s1. The average molecular weight is 280 g/mol. The molecule has 0 bridgehead atoms. The Morgan fingerprint density at radius 1 is 1.25 bits per heavy atom. The lowest BCUT2D eigenvalue weighted by molar-refractivity contribution is -0.151. The van der Waals surface area contributed by atoms with Crippen molar-refractivity contribution >= 4 is 11.9 Å². The molecule has 0 radical (unpaired) electrons. The maximum Gasteiger partial charge on any atom is 0.307 e. The van der Waals surface area contributed by atoms with Gasteiger partial charge in [0, 0.05) is 19.6 Å². The number of rotatable bonds is 3. The number of carboxylic acid groups (broad SMARTS) is 1. The van der Waals surface area contributed by atoms with Gasteiger partial charge in [-0.25, -0.2) is 0 Å². The first-order valence-electron chi connectivity index (χ1n) is 7.33. The van der Waals surface area contributed by atoms with E-state index in [1.54, 1.807) is 4.90 Å². The molecule has 1 fully saturated rings. The number of piperidine rings is 1. The number of hydrogen-bond donors (Lipinski definition) is 1. The van der Waals surface area contributed by atoms with Gasteiger partial charge in [-0.15, -0.1) is 0 Å². The normalized spacial score (nSPS) is 31.0. The zero-order valence-electron chi connectivity index (χ0n) is 12.3. The summed E-state index contributed by atoms with van der Waals surface area (Å²) in [4.78, 5) is 28.0. The molecule has 112 valence electrons. The fourth-order valence-electron chi connectivity index (χ4n) is 3.26. The van der Waals surface area contributed by atoms with Gasteiger partial charge in [0.2, 0.25) is 5.91 Å². The van der Waals surface area contributed by atoms with Crippen LogP contribution in [0.4, 0.5) is 0 Å². The zero-order valence-corrected chi connectivity index (χ0v) is 12.3. The van der Waals surface area contributed by atoms with E-state index in [9.17, 15) is 14.7 Å². The van der Waals surface area contributed by atoms with Crippen LogP contribution in [0, 0.1) is 11.8 Å². The van der Waals surface area contributed by atoms with Crippen molar-refractivity contribution in [1.29, 1.82) is 0 Å². The molecule has 0 aromatic rings. The molecule has 1 aliphatic carbocycles. The molecule has 2 aliphatic rings. The van der Waals surface area contributed by atoms with Crippen LogP contribution in [-0.2, 0) is 9.59 Å². The number of likely N-dealkylation sites (tertiary alicyclic amines) is 1. The minimum Gasteiger partial charge on any atom is -0.481 e. The number of carboxylic acids is 1. The second-order valence-electron chi connectivity index (χ2n) is 6.00. The van der Waals surface area contributed by atoms with Crippen LogP contribution in [0.2, 0.25) is 0 Å². The first kappa shape index (κ1) is 15.0. The van der Waals surface area contributed by atoms with Crippen molar-refractivity contribution in [1.82, 2.24) is 9.80 Å². The monoisotopic (exact) mass is 280 g/mol. The van der Waals surface area contributed by atoms with E-state index < -0.39 is 17.8 Å². The lowest BCUT2D eigenvalue weighted by atomic mass is 9.81. The van der Waals surface area contributed by atoms with Crippen LogP contribution in [0.25, 0.3) is 0 Å². The largest absolute Gasteiger partial charge is 0.481 e. The summed E-state index contributed by atoms with van der Waals surface area (Å²) in [6.07, 6.45) is 6.91. The third kappa shape index (κ3) is 3.20. The van der Waals surface area contributed by atoms with E-state index in [2.05, 4.69) is 11.9 Å². The highest BCUT2D eigenvalue weighted by molar-refractivity contribution is 5.85. The highest BCUT2D eigenvalue weighted by Crippen LogP contribution is 2.28.